The van der Waals surface area contributed by atoms with Crippen LogP contribution in [-0.4, -0.2) is 23.6 Å². The summed E-state index contributed by atoms with van der Waals surface area (Å²) in [5.74, 6) is 2.34. The van der Waals surface area contributed by atoms with E-state index in [0.29, 0.717) is 5.54 Å². The van der Waals surface area contributed by atoms with Gasteiger partial charge in [-0.25, -0.2) is 0 Å². The van der Waals surface area contributed by atoms with Gasteiger partial charge >= 0.3 is 0 Å². The largest absolute Gasteiger partial charge is 0.309 e. The normalized spacial score (nSPS) is 30.0. The Bertz CT molecular complexity index is 133. The van der Waals surface area contributed by atoms with Crippen LogP contribution in [-0.2, 0) is 0 Å². The molecule has 0 spiro atoms. The first-order chi connectivity index (χ1) is 5.51. The van der Waals surface area contributed by atoms with Crippen LogP contribution in [0.2, 0.25) is 0 Å². The molecule has 0 saturated heterocycles. The molecule has 1 saturated carbocycles. The van der Waals surface area contributed by atoms with Crippen LogP contribution in [0, 0.1) is 5.92 Å². The van der Waals surface area contributed by atoms with Crippen molar-refractivity contribution >= 4 is 11.8 Å². The summed E-state index contributed by atoms with van der Waals surface area (Å²) in [6.45, 7) is 6.73. The van der Waals surface area contributed by atoms with Crippen molar-refractivity contribution < 1.29 is 0 Å². The molecule has 0 radical (unpaired) electrons. The van der Waals surface area contributed by atoms with E-state index in [1.165, 1.54) is 18.6 Å². The Hall–Kier alpha value is 0.310. The van der Waals surface area contributed by atoms with E-state index in [2.05, 4.69) is 32.3 Å². The van der Waals surface area contributed by atoms with Gasteiger partial charge in [0.15, 0.2) is 0 Å². The molecule has 0 bridgehead atoms. The number of hydrogen-bond donors (Lipinski definition) is 1. The summed E-state index contributed by atoms with van der Waals surface area (Å²) >= 11 is 1.98. The van der Waals surface area contributed by atoms with E-state index in [0.717, 1.165) is 12.0 Å². The zero-order chi connectivity index (χ0) is 9.19. The molecule has 1 rings (SSSR count). The molecule has 0 amide bonds. The van der Waals surface area contributed by atoms with E-state index < -0.39 is 0 Å². The lowest BCUT2D eigenvalue weighted by atomic mass is 9.80. The van der Waals surface area contributed by atoms with Gasteiger partial charge in [-0.1, -0.05) is 0 Å². The number of nitrogens with one attached hydrogen (secondary N) is 1. The lowest BCUT2D eigenvalue weighted by Crippen LogP contribution is -2.50. The van der Waals surface area contributed by atoms with Crippen molar-refractivity contribution in [2.75, 3.05) is 12.0 Å². The van der Waals surface area contributed by atoms with E-state index in [4.69, 9.17) is 0 Å². The minimum atomic E-state index is 0.301. The predicted molar refractivity (Wildman–Crippen MR) is 57.8 cm³/mol. The van der Waals surface area contributed by atoms with E-state index in [1.54, 1.807) is 0 Å². The average molecular weight is 187 g/mol. The summed E-state index contributed by atoms with van der Waals surface area (Å²) in [5, 5.41) is 3.63. The Morgan fingerprint density at radius 2 is 1.92 bits per heavy atom. The molecule has 0 heterocycles. The van der Waals surface area contributed by atoms with Crippen molar-refractivity contribution in [3.05, 3.63) is 0 Å². The molecule has 0 aliphatic heterocycles. The van der Waals surface area contributed by atoms with E-state index >= 15 is 0 Å². The fourth-order valence-electron chi connectivity index (χ4n) is 1.84. The molecule has 2 heteroatoms. The highest BCUT2D eigenvalue weighted by molar-refractivity contribution is 7.98. The second kappa shape index (κ2) is 4.01. The van der Waals surface area contributed by atoms with E-state index in [-0.39, 0.29) is 0 Å². The average Bonchev–Trinajstić information content (AvgIpc) is 1.80. The van der Waals surface area contributed by atoms with E-state index in [9.17, 15) is 0 Å². The van der Waals surface area contributed by atoms with Crippen LogP contribution in [0.4, 0.5) is 0 Å². The van der Waals surface area contributed by atoms with Gasteiger partial charge in [0.25, 0.3) is 0 Å². The van der Waals surface area contributed by atoms with Crippen molar-refractivity contribution in [3.63, 3.8) is 0 Å². The summed E-state index contributed by atoms with van der Waals surface area (Å²) in [5.41, 5.74) is 0.301. The molecule has 0 aromatic heterocycles. The topological polar surface area (TPSA) is 12.0 Å². The lowest BCUT2D eigenvalue weighted by molar-refractivity contribution is 0.203. The summed E-state index contributed by atoms with van der Waals surface area (Å²) in [4.78, 5) is 0. The van der Waals surface area contributed by atoms with Crippen LogP contribution in [0.15, 0.2) is 0 Å². The maximum atomic E-state index is 3.63. The monoisotopic (exact) mass is 187 g/mol. The Labute approximate surface area is 80.7 Å². The zero-order valence-electron chi connectivity index (χ0n) is 8.68. The summed E-state index contributed by atoms with van der Waals surface area (Å²) < 4.78 is 0. The molecule has 0 aromatic carbocycles. The first kappa shape index (κ1) is 10.4. The van der Waals surface area contributed by atoms with Gasteiger partial charge in [0.05, 0.1) is 0 Å². The van der Waals surface area contributed by atoms with Crippen LogP contribution in [0.5, 0.6) is 0 Å². The highest BCUT2D eigenvalue weighted by Crippen LogP contribution is 2.30. The maximum absolute atomic E-state index is 3.63. The zero-order valence-corrected chi connectivity index (χ0v) is 9.50. The van der Waals surface area contributed by atoms with Gasteiger partial charge in [-0.2, -0.15) is 11.8 Å². The Morgan fingerprint density at radius 1 is 1.33 bits per heavy atom. The Morgan fingerprint density at radius 3 is 2.33 bits per heavy atom. The minimum Gasteiger partial charge on any atom is -0.309 e. The molecule has 1 aliphatic carbocycles. The molecule has 1 fully saturated rings. The number of hydrogen-bond acceptors (Lipinski definition) is 2. The first-order valence-corrected chi connectivity index (χ1v) is 6.17. The van der Waals surface area contributed by atoms with Crippen LogP contribution in [0.1, 0.15) is 33.6 Å². The number of thioether (sulfide) groups is 1. The third-order valence-corrected chi connectivity index (χ3v) is 3.08. The fourth-order valence-corrected chi connectivity index (χ4v) is 2.58. The minimum absolute atomic E-state index is 0.301. The van der Waals surface area contributed by atoms with Crippen LogP contribution < -0.4 is 5.32 Å². The van der Waals surface area contributed by atoms with Crippen molar-refractivity contribution in [3.8, 4) is 0 Å². The summed E-state index contributed by atoms with van der Waals surface area (Å²) in [6.07, 6.45) is 4.97. The number of rotatable bonds is 3. The molecular formula is C10H21NS. The lowest BCUT2D eigenvalue weighted by Gasteiger charge is -2.40. The molecule has 0 atom stereocenters. The van der Waals surface area contributed by atoms with Crippen LogP contribution >= 0.6 is 11.8 Å². The van der Waals surface area contributed by atoms with Gasteiger partial charge in [-0.05, 0) is 51.5 Å². The molecule has 72 valence electrons. The van der Waals surface area contributed by atoms with Crippen LogP contribution in [0.3, 0.4) is 0 Å². The molecule has 0 aromatic rings. The van der Waals surface area contributed by atoms with Crippen molar-refractivity contribution in [1.82, 2.24) is 5.32 Å². The highest BCUT2D eigenvalue weighted by Gasteiger charge is 2.30. The van der Waals surface area contributed by atoms with Crippen LogP contribution in [0.25, 0.3) is 0 Å². The SMILES string of the molecule is CSCC1CC(NC(C)(C)C)C1. The van der Waals surface area contributed by atoms with Gasteiger partial charge in [0, 0.05) is 11.6 Å². The van der Waals surface area contributed by atoms with Gasteiger partial charge in [0.1, 0.15) is 0 Å². The molecular weight excluding hydrogens is 166 g/mol. The standard InChI is InChI=1S/C10H21NS/c1-10(2,3)11-9-5-8(6-9)7-12-4/h8-9,11H,5-7H2,1-4H3. The third-order valence-electron chi connectivity index (χ3n) is 2.28. The maximum Gasteiger partial charge on any atom is 0.00991 e. The van der Waals surface area contributed by atoms with Gasteiger partial charge in [0.2, 0.25) is 0 Å². The van der Waals surface area contributed by atoms with Gasteiger partial charge < -0.3 is 5.32 Å². The van der Waals surface area contributed by atoms with Crippen molar-refractivity contribution in [2.24, 2.45) is 5.92 Å². The molecule has 1 aliphatic rings. The molecule has 0 unspecified atom stereocenters. The highest BCUT2D eigenvalue weighted by atomic mass is 32.2. The molecule has 1 nitrogen and oxygen atoms in total. The second-order valence-electron chi connectivity index (χ2n) is 4.88. The van der Waals surface area contributed by atoms with Crippen molar-refractivity contribution in [1.29, 1.82) is 0 Å². The van der Waals surface area contributed by atoms with E-state index in [1.807, 2.05) is 11.8 Å². The molecule has 1 N–H and O–H groups in total. The summed E-state index contributed by atoms with van der Waals surface area (Å²) in [7, 11) is 0. The van der Waals surface area contributed by atoms with Crippen molar-refractivity contribution in [2.45, 2.75) is 45.2 Å². The Balaban J connectivity index is 2.10. The van der Waals surface area contributed by atoms with Gasteiger partial charge in [-0.15, -0.1) is 0 Å². The smallest absolute Gasteiger partial charge is 0.00991 e. The predicted octanol–water partition coefficient (Wildman–Crippen LogP) is 2.52. The summed E-state index contributed by atoms with van der Waals surface area (Å²) in [6, 6.07) is 0.794. The second-order valence-corrected chi connectivity index (χ2v) is 5.79. The van der Waals surface area contributed by atoms with Gasteiger partial charge in [-0.3, -0.25) is 0 Å². The third kappa shape index (κ3) is 3.36. The first-order valence-electron chi connectivity index (χ1n) is 4.78. The Kier molecular flexibility index (Phi) is 3.47. The molecule has 12 heavy (non-hydrogen) atoms. The quantitative estimate of drug-likeness (QED) is 0.728. The fraction of sp³-hybridized carbons (Fsp3) is 1.00.